The monoisotopic (exact) mass is 328 g/mol. The SMILES string of the molecule is CCOC(=O)C(C(=O)OCC)C(C)(C)c1cccc2ccccc12. The molecule has 0 bridgehead atoms. The van der Waals surface area contributed by atoms with E-state index in [9.17, 15) is 9.59 Å². The molecule has 0 unspecified atom stereocenters. The Morgan fingerprint density at radius 3 is 2.04 bits per heavy atom. The smallest absolute Gasteiger partial charge is 0.321 e. The molecule has 128 valence electrons. The number of carbonyl (C=O) groups excluding carboxylic acids is 2. The molecule has 0 saturated carbocycles. The number of carbonyl (C=O) groups is 2. The van der Waals surface area contributed by atoms with Gasteiger partial charge in [0.2, 0.25) is 0 Å². The Morgan fingerprint density at radius 2 is 1.46 bits per heavy atom. The number of ether oxygens (including phenoxy) is 2. The summed E-state index contributed by atoms with van der Waals surface area (Å²) in [4.78, 5) is 25.0. The second-order valence-electron chi connectivity index (χ2n) is 6.19. The van der Waals surface area contributed by atoms with E-state index in [2.05, 4.69) is 0 Å². The summed E-state index contributed by atoms with van der Waals surface area (Å²) in [5.74, 6) is -2.11. The number of hydrogen-bond acceptors (Lipinski definition) is 4. The highest BCUT2D eigenvalue weighted by Crippen LogP contribution is 2.37. The number of fused-ring (bicyclic) bond motifs is 1. The van der Waals surface area contributed by atoms with Gasteiger partial charge in [0, 0.05) is 5.41 Å². The lowest BCUT2D eigenvalue weighted by Gasteiger charge is -2.32. The molecular formula is C20H24O4. The first kappa shape index (κ1) is 18.0. The Labute approximate surface area is 142 Å². The van der Waals surface area contributed by atoms with Gasteiger partial charge in [-0.1, -0.05) is 56.3 Å². The summed E-state index contributed by atoms with van der Waals surface area (Å²) in [6.45, 7) is 7.66. The number of hydrogen-bond donors (Lipinski definition) is 0. The summed E-state index contributed by atoms with van der Waals surface area (Å²) < 4.78 is 10.3. The molecule has 0 saturated heterocycles. The van der Waals surface area contributed by atoms with Crippen LogP contribution >= 0.6 is 0 Å². The van der Waals surface area contributed by atoms with Crippen LogP contribution < -0.4 is 0 Å². The number of rotatable bonds is 6. The average Bonchev–Trinajstić information content (AvgIpc) is 2.54. The summed E-state index contributed by atoms with van der Waals surface area (Å²) in [7, 11) is 0. The maximum atomic E-state index is 12.5. The van der Waals surface area contributed by atoms with Crippen molar-refractivity contribution in [1.29, 1.82) is 0 Å². The molecule has 0 aliphatic carbocycles. The predicted molar refractivity (Wildman–Crippen MR) is 93.7 cm³/mol. The van der Waals surface area contributed by atoms with Crippen molar-refractivity contribution >= 4 is 22.7 Å². The molecule has 2 rings (SSSR count). The fourth-order valence-corrected chi connectivity index (χ4v) is 3.08. The molecule has 0 fully saturated rings. The van der Waals surface area contributed by atoms with Gasteiger partial charge in [0.05, 0.1) is 13.2 Å². The van der Waals surface area contributed by atoms with Gasteiger partial charge < -0.3 is 9.47 Å². The zero-order valence-electron chi connectivity index (χ0n) is 14.7. The van der Waals surface area contributed by atoms with Crippen molar-refractivity contribution in [2.24, 2.45) is 5.92 Å². The Morgan fingerprint density at radius 1 is 0.917 bits per heavy atom. The van der Waals surface area contributed by atoms with Gasteiger partial charge in [0.25, 0.3) is 0 Å². The number of benzene rings is 2. The van der Waals surface area contributed by atoms with Crippen LogP contribution in [-0.2, 0) is 24.5 Å². The minimum absolute atomic E-state index is 0.223. The van der Waals surface area contributed by atoms with Crippen molar-refractivity contribution in [3.63, 3.8) is 0 Å². The number of esters is 2. The second kappa shape index (κ2) is 7.47. The summed E-state index contributed by atoms with van der Waals surface area (Å²) in [5, 5.41) is 2.08. The van der Waals surface area contributed by atoms with E-state index in [1.807, 2.05) is 56.3 Å². The lowest BCUT2D eigenvalue weighted by molar-refractivity contribution is -0.164. The molecule has 2 aromatic rings. The van der Waals surface area contributed by atoms with Crippen LogP contribution in [0.15, 0.2) is 42.5 Å². The van der Waals surface area contributed by atoms with Crippen molar-refractivity contribution in [3.05, 3.63) is 48.0 Å². The fourth-order valence-electron chi connectivity index (χ4n) is 3.08. The van der Waals surface area contributed by atoms with Gasteiger partial charge in [-0.3, -0.25) is 9.59 Å². The van der Waals surface area contributed by atoms with Gasteiger partial charge in [-0.25, -0.2) is 0 Å². The third-order valence-corrected chi connectivity index (χ3v) is 4.25. The molecule has 0 spiro atoms. The molecule has 0 heterocycles. The Hall–Kier alpha value is -2.36. The molecule has 0 aliphatic rings. The first-order valence-electron chi connectivity index (χ1n) is 8.25. The standard InChI is InChI=1S/C20H24O4/c1-5-23-18(21)17(19(22)24-6-2)20(3,4)16-13-9-11-14-10-7-8-12-15(14)16/h7-13,17H,5-6H2,1-4H3. The van der Waals surface area contributed by atoms with E-state index in [1.165, 1.54) is 0 Å². The van der Waals surface area contributed by atoms with Gasteiger partial charge in [-0.2, -0.15) is 0 Å². The van der Waals surface area contributed by atoms with E-state index in [0.717, 1.165) is 16.3 Å². The molecule has 0 aromatic heterocycles. The molecule has 0 radical (unpaired) electrons. The highest BCUT2D eigenvalue weighted by molar-refractivity contribution is 5.98. The molecule has 0 N–H and O–H groups in total. The van der Waals surface area contributed by atoms with E-state index < -0.39 is 23.3 Å². The van der Waals surface area contributed by atoms with Crippen molar-refractivity contribution in [3.8, 4) is 0 Å². The zero-order chi connectivity index (χ0) is 17.7. The summed E-state index contributed by atoms with van der Waals surface area (Å²) in [6, 6.07) is 13.8. The van der Waals surface area contributed by atoms with Crippen LogP contribution in [0.25, 0.3) is 10.8 Å². The summed E-state index contributed by atoms with van der Waals surface area (Å²) >= 11 is 0. The Balaban J connectivity index is 2.57. The van der Waals surface area contributed by atoms with Gasteiger partial charge in [0.15, 0.2) is 5.92 Å². The maximum Gasteiger partial charge on any atom is 0.321 e. The van der Waals surface area contributed by atoms with Crippen LogP contribution in [0.4, 0.5) is 0 Å². The van der Waals surface area contributed by atoms with Crippen LogP contribution in [0.1, 0.15) is 33.3 Å². The normalized spacial score (nSPS) is 11.5. The predicted octanol–water partition coefficient (Wildman–Crippen LogP) is 3.86. The molecule has 4 nitrogen and oxygen atoms in total. The molecule has 0 amide bonds. The van der Waals surface area contributed by atoms with Crippen LogP contribution in [0.5, 0.6) is 0 Å². The molecule has 0 aliphatic heterocycles. The first-order chi connectivity index (χ1) is 11.4. The average molecular weight is 328 g/mol. The fraction of sp³-hybridized carbons (Fsp3) is 0.400. The minimum Gasteiger partial charge on any atom is -0.465 e. The first-order valence-corrected chi connectivity index (χ1v) is 8.25. The van der Waals surface area contributed by atoms with E-state index in [1.54, 1.807) is 13.8 Å². The van der Waals surface area contributed by atoms with E-state index in [-0.39, 0.29) is 13.2 Å². The summed E-state index contributed by atoms with van der Waals surface area (Å²) in [6.07, 6.45) is 0. The topological polar surface area (TPSA) is 52.6 Å². The van der Waals surface area contributed by atoms with Crippen LogP contribution in [0.3, 0.4) is 0 Å². The van der Waals surface area contributed by atoms with Crippen LogP contribution in [0.2, 0.25) is 0 Å². The van der Waals surface area contributed by atoms with Crippen molar-refractivity contribution < 1.29 is 19.1 Å². The Bertz CT molecular complexity index is 710. The van der Waals surface area contributed by atoms with E-state index >= 15 is 0 Å². The van der Waals surface area contributed by atoms with Gasteiger partial charge in [-0.15, -0.1) is 0 Å². The van der Waals surface area contributed by atoms with E-state index in [0.29, 0.717) is 0 Å². The zero-order valence-corrected chi connectivity index (χ0v) is 14.7. The molecule has 0 atom stereocenters. The second-order valence-corrected chi connectivity index (χ2v) is 6.19. The van der Waals surface area contributed by atoms with Gasteiger partial charge >= 0.3 is 11.9 Å². The highest BCUT2D eigenvalue weighted by atomic mass is 16.6. The third-order valence-electron chi connectivity index (χ3n) is 4.25. The lowest BCUT2D eigenvalue weighted by Crippen LogP contribution is -2.42. The van der Waals surface area contributed by atoms with Gasteiger partial charge in [-0.05, 0) is 30.2 Å². The highest BCUT2D eigenvalue weighted by Gasteiger charge is 2.45. The quantitative estimate of drug-likeness (QED) is 0.597. The lowest BCUT2D eigenvalue weighted by atomic mass is 9.71. The van der Waals surface area contributed by atoms with Crippen molar-refractivity contribution in [2.45, 2.75) is 33.1 Å². The van der Waals surface area contributed by atoms with Crippen molar-refractivity contribution in [2.75, 3.05) is 13.2 Å². The minimum atomic E-state index is -1.01. The Kier molecular flexibility index (Phi) is 5.60. The van der Waals surface area contributed by atoms with Crippen LogP contribution in [-0.4, -0.2) is 25.2 Å². The molecule has 24 heavy (non-hydrogen) atoms. The van der Waals surface area contributed by atoms with Crippen LogP contribution in [0, 0.1) is 5.92 Å². The van der Waals surface area contributed by atoms with Crippen molar-refractivity contribution in [1.82, 2.24) is 0 Å². The largest absolute Gasteiger partial charge is 0.465 e. The third kappa shape index (κ3) is 3.42. The van der Waals surface area contributed by atoms with E-state index in [4.69, 9.17) is 9.47 Å². The molecular weight excluding hydrogens is 304 g/mol. The maximum absolute atomic E-state index is 12.5. The molecule has 4 heteroatoms. The van der Waals surface area contributed by atoms with Gasteiger partial charge in [0.1, 0.15) is 0 Å². The summed E-state index contributed by atoms with van der Waals surface area (Å²) in [5.41, 5.74) is 0.158. The molecule has 2 aromatic carbocycles.